The van der Waals surface area contributed by atoms with Crippen molar-refractivity contribution in [3.63, 3.8) is 0 Å². The summed E-state index contributed by atoms with van der Waals surface area (Å²) in [6, 6.07) is 3.67. The molecule has 0 spiro atoms. The third-order valence-corrected chi connectivity index (χ3v) is 10.8. The molecule has 6 unspecified atom stereocenters. The average molecular weight is 687 g/mol. The van der Waals surface area contributed by atoms with Gasteiger partial charge in [-0.2, -0.15) is 0 Å². The maximum atomic E-state index is 15.1. The number of allylic oxidation sites excluding steroid dienone is 2. The zero-order valence-corrected chi connectivity index (χ0v) is 26.1. The first-order valence-corrected chi connectivity index (χ1v) is 14.8. The number of halogens is 7. The van der Waals surface area contributed by atoms with E-state index in [2.05, 4.69) is 0 Å². The lowest BCUT2D eigenvalue weighted by Gasteiger charge is -2.51. The first-order chi connectivity index (χ1) is 21.3. The Balaban J connectivity index is 1.62. The fourth-order valence-electron chi connectivity index (χ4n) is 7.51. The van der Waals surface area contributed by atoms with Crippen LogP contribution in [0.5, 0.6) is 11.5 Å². The molecule has 3 fully saturated rings. The van der Waals surface area contributed by atoms with E-state index in [0.717, 1.165) is 11.0 Å². The van der Waals surface area contributed by atoms with Crippen LogP contribution in [0.3, 0.4) is 0 Å². The van der Waals surface area contributed by atoms with E-state index in [-0.39, 0.29) is 34.0 Å². The molecule has 6 atom stereocenters. The Bertz CT molecular complexity index is 1780. The molecule has 8 nitrogen and oxygen atoms in total. The molecule has 15 heteroatoms. The van der Waals surface area contributed by atoms with Crippen molar-refractivity contribution in [2.45, 2.75) is 54.8 Å². The lowest BCUT2D eigenvalue weighted by Crippen LogP contribution is -2.60. The summed E-state index contributed by atoms with van der Waals surface area (Å²) in [5.41, 5.74) is -2.47. The van der Waals surface area contributed by atoms with Gasteiger partial charge in [-0.25, -0.2) is 26.9 Å². The number of rotatable bonds is 3. The number of amides is 4. The molecule has 0 bridgehead atoms. The first-order valence-electron chi connectivity index (χ1n) is 14.1. The highest BCUT2D eigenvalue weighted by molar-refractivity contribution is 6.58. The quantitative estimate of drug-likeness (QED) is 0.115. The summed E-state index contributed by atoms with van der Waals surface area (Å²) in [5.74, 6) is -21.4. The maximum absolute atomic E-state index is 15.1. The van der Waals surface area contributed by atoms with Crippen molar-refractivity contribution in [3.8, 4) is 11.5 Å². The van der Waals surface area contributed by atoms with Crippen molar-refractivity contribution in [1.29, 1.82) is 0 Å². The number of phenolic OH excluding ortho intramolecular Hbond substituents is 1. The lowest BCUT2D eigenvalue weighted by atomic mass is 9.56. The zero-order chi connectivity index (χ0) is 34.0. The smallest absolute Gasteiger partial charge is 0.258 e. The van der Waals surface area contributed by atoms with Gasteiger partial charge in [0.2, 0.25) is 17.6 Å². The van der Waals surface area contributed by atoms with E-state index in [4.69, 9.17) is 27.9 Å². The second-order valence-electron chi connectivity index (χ2n) is 12.8. The Morgan fingerprint density at radius 1 is 0.891 bits per heavy atom. The average Bonchev–Trinajstić information content (AvgIpc) is 3.34. The second kappa shape index (κ2) is 10.1. The van der Waals surface area contributed by atoms with E-state index < -0.39 is 104 Å². The Labute approximate surface area is 268 Å². The topological polar surface area (TPSA) is 104 Å². The molecule has 4 aliphatic rings. The number of fused-ring (bicyclic) bond motifs is 4. The summed E-state index contributed by atoms with van der Waals surface area (Å²) < 4.78 is 78.4. The molecular weight excluding hydrogens is 662 g/mol. The Kier molecular flexibility index (Phi) is 7.11. The van der Waals surface area contributed by atoms with Gasteiger partial charge in [-0.05, 0) is 45.6 Å². The number of likely N-dealkylation sites (tertiary alicyclic amines) is 1. The summed E-state index contributed by atoms with van der Waals surface area (Å²) in [6.45, 7) is 4.98. The molecule has 2 aliphatic carbocycles. The van der Waals surface area contributed by atoms with Crippen LogP contribution >= 0.6 is 23.2 Å². The van der Waals surface area contributed by atoms with Crippen molar-refractivity contribution in [3.05, 3.63) is 64.5 Å². The normalized spacial score (nSPS) is 30.8. The molecule has 0 aromatic heterocycles. The predicted molar refractivity (Wildman–Crippen MR) is 153 cm³/mol. The number of benzene rings is 2. The number of methoxy groups -OCH3 is 1. The molecule has 2 aliphatic heterocycles. The van der Waals surface area contributed by atoms with Gasteiger partial charge < -0.3 is 9.84 Å². The van der Waals surface area contributed by atoms with Crippen LogP contribution in [-0.2, 0) is 19.2 Å². The second-order valence-corrected chi connectivity index (χ2v) is 14.0. The van der Waals surface area contributed by atoms with E-state index >= 15 is 8.78 Å². The van der Waals surface area contributed by atoms with Crippen molar-refractivity contribution in [1.82, 2.24) is 4.90 Å². The van der Waals surface area contributed by atoms with Crippen LogP contribution in [0, 0.1) is 46.8 Å². The van der Waals surface area contributed by atoms with Gasteiger partial charge in [0.1, 0.15) is 17.2 Å². The van der Waals surface area contributed by atoms with Gasteiger partial charge in [0.05, 0.1) is 18.9 Å². The fraction of sp³-hybridized carbons (Fsp3) is 0.419. The largest absolute Gasteiger partial charge is 0.508 e. The van der Waals surface area contributed by atoms with Gasteiger partial charge in [-0.3, -0.25) is 24.1 Å². The Hall–Kier alpha value is -3.71. The summed E-state index contributed by atoms with van der Waals surface area (Å²) >= 11 is 14.2. The summed E-state index contributed by atoms with van der Waals surface area (Å²) in [4.78, 5) is 51.4. The first kappa shape index (κ1) is 32.2. The molecule has 2 heterocycles. The molecule has 0 radical (unpaired) electrons. The van der Waals surface area contributed by atoms with E-state index in [0.29, 0.717) is 0 Å². The van der Waals surface area contributed by atoms with Crippen molar-refractivity contribution in [2.75, 3.05) is 12.0 Å². The van der Waals surface area contributed by atoms with Gasteiger partial charge in [0.15, 0.2) is 33.0 Å². The minimum absolute atomic E-state index is 0.0102. The van der Waals surface area contributed by atoms with Crippen molar-refractivity contribution in [2.24, 2.45) is 17.8 Å². The van der Waals surface area contributed by atoms with Gasteiger partial charge in [-0.1, -0.05) is 17.7 Å². The number of phenols is 1. The summed E-state index contributed by atoms with van der Waals surface area (Å²) in [7, 11) is 1.22. The summed E-state index contributed by atoms with van der Waals surface area (Å²) in [6.07, 6.45) is 0.977. The minimum Gasteiger partial charge on any atom is -0.508 e. The van der Waals surface area contributed by atoms with Crippen molar-refractivity contribution < 1.29 is 51.0 Å². The van der Waals surface area contributed by atoms with Crippen LogP contribution in [0.2, 0.25) is 0 Å². The number of anilines is 1. The van der Waals surface area contributed by atoms with Gasteiger partial charge in [0, 0.05) is 23.1 Å². The molecule has 244 valence electrons. The molecule has 1 N–H and O–H groups in total. The van der Waals surface area contributed by atoms with Crippen LogP contribution in [0.4, 0.5) is 27.6 Å². The van der Waals surface area contributed by atoms with Gasteiger partial charge in [-0.15, -0.1) is 23.2 Å². The van der Waals surface area contributed by atoms with Gasteiger partial charge >= 0.3 is 0 Å². The highest BCUT2D eigenvalue weighted by Crippen LogP contribution is 2.67. The predicted octanol–water partition coefficient (Wildman–Crippen LogP) is 5.46. The van der Waals surface area contributed by atoms with E-state index in [9.17, 15) is 37.5 Å². The highest BCUT2D eigenvalue weighted by Gasteiger charge is 2.77. The number of alkyl halides is 2. The number of hydrogen-bond donors (Lipinski definition) is 1. The SMILES string of the molecule is COc1cc(O)ccc1C1C2=CCC3C(=O)N(C(C)(C)C)C(=O)C3C2CC2(Cl)C(=O)N(c3c(F)c(F)c(F)c(F)c3F)C(=O)C12Cl. The molecule has 2 aromatic rings. The van der Waals surface area contributed by atoms with Crippen LogP contribution in [0.25, 0.3) is 0 Å². The van der Waals surface area contributed by atoms with Crippen LogP contribution < -0.4 is 9.64 Å². The number of carbonyl (C=O) groups excluding carboxylic acids is 4. The highest BCUT2D eigenvalue weighted by atomic mass is 35.5. The third kappa shape index (κ3) is 3.90. The van der Waals surface area contributed by atoms with Crippen LogP contribution in [-0.4, -0.2) is 56.0 Å². The van der Waals surface area contributed by atoms with E-state index in [1.807, 2.05) is 0 Å². The monoisotopic (exact) mass is 686 g/mol. The number of ether oxygens (including phenoxy) is 1. The van der Waals surface area contributed by atoms with Crippen LogP contribution in [0.1, 0.15) is 45.1 Å². The number of hydrogen-bond acceptors (Lipinski definition) is 6. The standard InChI is InChI=1S/C31H25Cl2F5N2O6/c1-29(2,3)40-25(42)14-8-7-12-15(17(14)26(40)43)10-30(32)27(44)39(24-22(37)20(35)19(34)21(36)23(24)38)28(45)31(30,33)18(12)13-6-5-11(41)9-16(13)46-4/h5-7,9,14-15,17-18,41H,8,10H2,1-4H3. The van der Waals surface area contributed by atoms with E-state index in [1.54, 1.807) is 26.8 Å². The number of nitrogens with zero attached hydrogens (tertiary/aromatic N) is 2. The fourth-order valence-corrected chi connectivity index (χ4v) is 8.44. The van der Waals surface area contributed by atoms with Crippen molar-refractivity contribution >= 4 is 52.5 Å². The molecule has 1 saturated carbocycles. The van der Waals surface area contributed by atoms with Gasteiger partial charge in [0.25, 0.3) is 11.8 Å². The molecule has 2 aromatic carbocycles. The number of imide groups is 2. The molecule has 2 saturated heterocycles. The minimum atomic E-state index is -2.69. The molecular formula is C31H25Cl2F5N2O6. The number of carbonyl (C=O) groups is 4. The van der Waals surface area contributed by atoms with E-state index in [1.165, 1.54) is 19.2 Å². The maximum Gasteiger partial charge on any atom is 0.258 e. The molecule has 6 rings (SSSR count). The Morgan fingerprint density at radius 2 is 1.48 bits per heavy atom. The molecule has 4 amide bonds. The zero-order valence-electron chi connectivity index (χ0n) is 24.6. The van der Waals surface area contributed by atoms with Crippen LogP contribution in [0.15, 0.2) is 29.8 Å². The Morgan fingerprint density at radius 3 is 2.04 bits per heavy atom. The lowest BCUT2D eigenvalue weighted by molar-refractivity contribution is -0.145. The number of aromatic hydroxyl groups is 1. The molecule has 46 heavy (non-hydrogen) atoms. The third-order valence-electron chi connectivity index (χ3n) is 9.42. The summed E-state index contributed by atoms with van der Waals surface area (Å²) in [5, 5.41) is 10.2.